The van der Waals surface area contributed by atoms with Gasteiger partial charge in [-0.3, -0.25) is 4.55 Å². The standard InChI is InChI=1S/C16H25N3O3S.ClH/c20-23(21,22)13-5-4-9-18-11-12-19(15-18)10-8-17-14-16-6-2-1-3-7-16;/h1-3,6-7,11-12,17H,4-5,8-10,13-15H2,(H,20,21,22);1H. The van der Waals surface area contributed by atoms with Gasteiger partial charge in [0.05, 0.1) is 12.4 Å². The van der Waals surface area contributed by atoms with Crippen LogP contribution in [-0.4, -0.2) is 54.8 Å². The lowest BCUT2D eigenvalue weighted by Crippen LogP contribution is -2.31. The lowest BCUT2D eigenvalue weighted by Gasteiger charge is -2.21. The van der Waals surface area contributed by atoms with Gasteiger partial charge in [0, 0.05) is 38.6 Å². The molecule has 0 atom stereocenters. The molecular weight excluding hydrogens is 350 g/mol. The van der Waals surface area contributed by atoms with Gasteiger partial charge in [0.25, 0.3) is 10.1 Å². The number of unbranched alkanes of at least 4 members (excludes halogenated alkanes) is 1. The fourth-order valence-corrected chi connectivity index (χ4v) is 3.03. The molecule has 0 bridgehead atoms. The van der Waals surface area contributed by atoms with Gasteiger partial charge in [0.2, 0.25) is 0 Å². The minimum Gasteiger partial charge on any atom is -0.359 e. The molecule has 0 aromatic heterocycles. The largest absolute Gasteiger partial charge is 0.359 e. The Morgan fingerprint density at radius 1 is 1.04 bits per heavy atom. The minimum absolute atomic E-state index is 0. The molecule has 0 unspecified atom stereocenters. The van der Waals surface area contributed by atoms with Gasteiger partial charge in [0.1, 0.15) is 0 Å². The van der Waals surface area contributed by atoms with Crippen molar-refractivity contribution < 1.29 is 13.0 Å². The van der Waals surface area contributed by atoms with Gasteiger partial charge in [-0.1, -0.05) is 30.3 Å². The summed E-state index contributed by atoms with van der Waals surface area (Å²) in [5.74, 6) is -0.155. The number of nitrogens with one attached hydrogen (secondary N) is 1. The Balaban J connectivity index is 0.00000288. The van der Waals surface area contributed by atoms with Gasteiger partial charge in [-0.2, -0.15) is 8.42 Å². The number of benzene rings is 1. The van der Waals surface area contributed by atoms with Crippen LogP contribution >= 0.6 is 12.4 Å². The summed E-state index contributed by atoms with van der Waals surface area (Å²) >= 11 is 0. The maximum Gasteiger partial charge on any atom is 0.264 e. The van der Waals surface area contributed by atoms with Gasteiger partial charge >= 0.3 is 0 Å². The molecule has 0 spiro atoms. The second kappa shape index (κ2) is 10.6. The molecule has 2 N–H and O–H groups in total. The van der Waals surface area contributed by atoms with Crippen LogP contribution in [0.1, 0.15) is 18.4 Å². The van der Waals surface area contributed by atoms with Gasteiger partial charge in [-0.25, -0.2) is 0 Å². The second-order valence-corrected chi connectivity index (χ2v) is 7.29. The summed E-state index contributed by atoms with van der Waals surface area (Å²) in [5, 5.41) is 3.42. The maximum atomic E-state index is 10.6. The number of nitrogens with zero attached hydrogens (tertiary/aromatic N) is 2. The van der Waals surface area contributed by atoms with Crippen LogP contribution in [0.3, 0.4) is 0 Å². The third-order valence-electron chi connectivity index (χ3n) is 3.70. The Morgan fingerprint density at radius 3 is 2.38 bits per heavy atom. The van der Waals surface area contributed by atoms with Gasteiger partial charge in [-0.05, 0) is 18.4 Å². The normalized spacial score (nSPS) is 14.0. The van der Waals surface area contributed by atoms with E-state index in [4.69, 9.17) is 4.55 Å². The molecule has 0 fully saturated rings. The molecule has 1 aliphatic rings. The zero-order valence-corrected chi connectivity index (χ0v) is 15.3. The summed E-state index contributed by atoms with van der Waals surface area (Å²) < 4.78 is 30.0. The average Bonchev–Trinajstić information content (AvgIpc) is 2.96. The van der Waals surface area contributed by atoms with E-state index in [2.05, 4.69) is 33.4 Å². The third kappa shape index (κ3) is 8.54. The molecule has 0 saturated heterocycles. The summed E-state index contributed by atoms with van der Waals surface area (Å²) in [6.07, 6.45) is 5.34. The Kier molecular flexibility index (Phi) is 9.13. The van der Waals surface area contributed by atoms with Crippen molar-refractivity contribution in [3.05, 3.63) is 48.3 Å². The Labute approximate surface area is 150 Å². The van der Waals surface area contributed by atoms with Crippen molar-refractivity contribution in [2.75, 3.05) is 32.1 Å². The molecule has 1 aromatic rings. The Morgan fingerprint density at radius 2 is 1.71 bits per heavy atom. The highest BCUT2D eigenvalue weighted by atomic mass is 35.5. The fraction of sp³-hybridized carbons (Fsp3) is 0.500. The predicted octanol–water partition coefficient (Wildman–Crippen LogP) is 1.91. The van der Waals surface area contributed by atoms with Crippen molar-refractivity contribution in [3.8, 4) is 0 Å². The fourth-order valence-electron chi connectivity index (χ4n) is 2.46. The minimum atomic E-state index is -3.82. The first-order chi connectivity index (χ1) is 11.0. The third-order valence-corrected chi connectivity index (χ3v) is 4.50. The van der Waals surface area contributed by atoms with Crippen LogP contribution in [0.15, 0.2) is 42.7 Å². The summed E-state index contributed by atoms with van der Waals surface area (Å²) in [4.78, 5) is 4.38. The topological polar surface area (TPSA) is 72.9 Å². The van der Waals surface area contributed by atoms with E-state index in [1.54, 1.807) is 0 Å². The quantitative estimate of drug-likeness (QED) is 0.480. The van der Waals surface area contributed by atoms with Crippen LogP contribution < -0.4 is 5.32 Å². The van der Waals surface area contributed by atoms with Crippen LogP contribution in [0.2, 0.25) is 0 Å². The monoisotopic (exact) mass is 375 g/mol. The van der Waals surface area contributed by atoms with E-state index in [1.165, 1.54) is 5.56 Å². The summed E-state index contributed by atoms with van der Waals surface area (Å²) in [6.45, 7) is 4.36. The molecule has 0 amide bonds. The van der Waals surface area contributed by atoms with E-state index in [0.29, 0.717) is 6.42 Å². The molecule has 1 aromatic carbocycles. The zero-order valence-electron chi connectivity index (χ0n) is 13.7. The van der Waals surface area contributed by atoms with Gasteiger partial charge < -0.3 is 15.1 Å². The molecule has 1 heterocycles. The molecule has 0 saturated carbocycles. The SMILES string of the molecule is Cl.O=S(=O)(O)CCCCN1C=CN(CCNCc2ccccc2)C1. The zero-order chi connectivity index (χ0) is 16.5. The molecular formula is C16H26ClN3O3S. The first kappa shape index (κ1) is 20.8. The van der Waals surface area contributed by atoms with E-state index in [0.717, 1.165) is 39.3 Å². The highest BCUT2D eigenvalue weighted by Gasteiger charge is 2.12. The van der Waals surface area contributed by atoms with E-state index in [9.17, 15) is 8.42 Å². The van der Waals surface area contributed by atoms with E-state index < -0.39 is 10.1 Å². The average molecular weight is 376 g/mol. The first-order valence-corrected chi connectivity index (χ1v) is 9.50. The van der Waals surface area contributed by atoms with Crippen molar-refractivity contribution >= 4 is 22.5 Å². The van der Waals surface area contributed by atoms with Crippen LogP contribution in [0.5, 0.6) is 0 Å². The Hall–Kier alpha value is -1.28. The summed E-state index contributed by atoms with van der Waals surface area (Å²) in [6, 6.07) is 10.3. The van der Waals surface area contributed by atoms with Crippen molar-refractivity contribution in [3.63, 3.8) is 0 Å². The van der Waals surface area contributed by atoms with Crippen molar-refractivity contribution in [1.29, 1.82) is 0 Å². The lowest BCUT2D eigenvalue weighted by atomic mass is 10.2. The number of halogens is 1. The van der Waals surface area contributed by atoms with Crippen LogP contribution in [0.4, 0.5) is 0 Å². The maximum absolute atomic E-state index is 10.6. The number of hydrogen-bond acceptors (Lipinski definition) is 5. The summed E-state index contributed by atoms with van der Waals surface area (Å²) in [5.41, 5.74) is 1.28. The van der Waals surface area contributed by atoms with Crippen LogP contribution in [0.25, 0.3) is 0 Å². The second-order valence-electron chi connectivity index (χ2n) is 5.72. The lowest BCUT2D eigenvalue weighted by molar-refractivity contribution is 0.262. The van der Waals surface area contributed by atoms with Crippen molar-refractivity contribution in [1.82, 2.24) is 15.1 Å². The van der Waals surface area contributed by atoms with E-state index in [-0.39, 0.29) is 18.2 Å². The van der Waals surface area contributed by atoms with Gasteiger partial charge in [-0.15, -0.1) is 12.4 Å². The molecule has 0 radical (unpaired) electrons. The van der Waals surface area contributed by atoms with E-state index in [1.807, 2.05) is 24.4 Å². The highest BCUT2D eigenvalue weighted by molar-refractivity contribution is 7.85. The molecule has 6 nitrogen and oxygen atoms in total. The highest BCUT2D eigenvalue weighted by Crippen LogP contribution is 2.07. The smallest absolute Gasteiger partial charge is 0.264 e. The molecule has 8 heteroatoms. The molecule has 1 aliphatic heterocycles. The van der Waals surface area contributed by atoms with Crippen LogP contribution in [0, 0.1) is 0 Å². The predicted molar refractivity (Wildman–Crippen MR) is 98.5 cm³/mol. The van der Waals surface area contributed by atoms with Crippen molar-refractivity contribution in [2.24, 2.45) is 0 Å². The van der Waals surface area contributed by atoms with E-state index >= 15 is 0 Å². The van der Waals surface area contributed by atoms with Crippen LogP contribution in [-0.2, 0) is 16.7 Å². The summed E-state index contributed by atoms with van der Waals surface area (Å²) in [7, 11) is -3.82. The Bertz CT molecular complexity index is 596. The first-order valence-electron chi connectivity index (χ1n) is 7.89. The molecule has 136 valence electrons. The molecule has 24 heavy (non-hydrogen) atoms. The van der Waals surface area contributed by atoms with Gasteiger partial charge in [0.15, 0.2) is 0 Å². The van der Waals surface area contributed by atoms with Crippen molar-refractivity contribution in [2.45, 2.75) is 19.4 Å². The number of rotatable bonds is 10. The molecule has 0 aliphatic carbocycles. The number of hydrogen-bond donors (Lipinski definition) is 2. The molecule has 2 rings (SSSR count).